The van der Waals surface area contributed by atoms with Crippen molar-refractivity contribution < 1.29 is 49.8 Å². The fraction of sp³-hybridized carbons (Fsp3) is 0.375. The fourth-order valence-corrected chi connectivity index (χ4v) is 12.3. The molecule has 4 heterocycles. The lowest BCUT2D eigenvalue weighted by molar-refractivity contribution is -0.254. The van der Waals surface area contributed by atoms with Gasteiger partial charge < -0.3 is 13.9 Å². The topological polar surface area (TPSA) is 65.7 Å². The summed E-state index contributed by atoms with van der Waals surface area (Å²) in [5.74, 6) is -19.6. The van der Waals surface area contributed by atoms with Crippen LogP contribution in [0.15, 0.2) is 69.8 Å². The minimum Gasteiger partial charge on any atom is -0.459 e. The number of hydrogen-bond acceptors (Lipinski definition) is 8. The Hall–Kier alpha value is -4.66. The van der Waals surface area contributed by atoms with Crippen LogP contribution < -0.4 is 9.47 Å². The molecule has 326 valence electrons. The standard InChI is InChI=1S/C48H44F6O5S3/c1-23(55)57-32-18-29-31(20-33(32)58-24(2)56)59-40-37(29)39-38(46(49,50)48(53,54)47(39,51)52)30-19-35(34-16-27(21-60-34)43(6,7)8)62-41(30)45(40,36-17-28(22-61-36)44(9,10)11)26-14-12-25(13-15-26)42(3,4)5/h12-22H,1-11H3. The van der Waals surface area contributed by atoms with Crippen molar-refractivity contribution in [2.24, 2.45) is 0 Å². The van der Waals surface area contributed by atoms with Crippen molar-refractivity contribution in [3.63, 3.8) is 0 Å². The van der Waals surface area contributed by atoms with Crippen molar-refractivity contribution in [2.45, 2.75) is 116 Å². The summed E-state index contributed by atoms with van der Waals surface area (Å²) in [5, 5.41) is 3.51. The molecule has 6 aromatic rings. The minimum atomic E-state index is -5.89. The highest BCUT2D eigenvalue weighted by molar-refractivity contribution is 7.22. The monoisotopic (exact) mass is 910 g/mol. The fourth-order valence-electron chi connectivity index (χ4n) is 8.21. The lowest BCUT2D eigenvalue weighted by Crippen LogP contribution is -2.49. The zero-order valence-corrected chi connectivity index (χ0v) is 38.3. The second-order valence-electron chi connectivity index (χ2n) is 19.1. The third kappa shape index (κ3) is 6.44. The van der Waals surface area contributed by atoms with Crippen molar-refractivity contribution in [2.75, 3.05) is 0 Å². The van der Waals surface area contributed by atoms with Gasteiger partial charge in [-0.2, -0.15) is 26.3 Å². The third-order valence-corrected chi connectivity index (χ3v) is 15.0. The molecule has 0 aliphatic heterocycles. The smallest absolute Gasteiger partial charge is 0.380 e. The van der Waals surface area contributed by atoms with E-state index in [1.54, 1.807) is 12.1 Å². The first kappa shape index (κ1) is 44.0. The summed E-state index contributed by atoms with van der Waals surface area (Å²) >= 11 is 3.66. The Morgan fingerprint density at radius 2 is 1.16 bits per heavy atom. The van der Waals surface area contributed by atoms with Crippen LogP contribution in [-0.4, -0.2) is 29.7 Å². The van der Waals surface area contributed by atoms with Gasteiger partial charge in [-0.05, 0) is 73.5 Å². The summed E-state index contributed by atoms with van der Waals surface area (Å²) in [7, 11) is 0. The first-order valence-corrected chi connectivity index (χ1v) is 22.4. The summed E-state index contributed by atoms with van der Waals surface area (Å²) < 4.78 is 118. The lowest BCUT2D eigenvalue weighted by Gasteiger charge is -2.34. The van der Waals surface area contributed by atoms with Gasteiger partial charge in [0.15, 0.2) is 11.5 Å². The van der Waals surface area contributed by atoms with Gasteiger partial charge in [0, 0.05) is 67.1 Å². The first-order valence-electron chi connectivity index (χ1n) is 19.8. The minimum absolute atomic E-state index is 0.0722. The zero-order valence-electron chi connectivity index (χ0n) is 35.9. The number of thiophene rings is 3. The molecular formula is C48H44F6O5S3. The summed E-state index contributed by atoms with van der Waals surface area (Å²) in [6.45, 7) is 20.2. The largest absolute Gasteiger partial charge is 0.459 e. The van der Waals surface area contributed by atoms with E-state index >= 15 is 26.3 Å². The number of alkyl halides is 6. The number of carbonyl (C=O) groups is 2. The van der Waals surface area contributed by atoms with Gasteiger partial charge in [0.2, 0.25) is 0 Å². The van der Waals surface area contributed by atoms with E-state index in [0.717, 1.165) is 54.0 Å². The molecule has 0 saturated carbocycles. The molecule has 5 nitrogen and oxygen atoms in total. The molecule has 0 fully saturated rings. The van der Waals surface area contributed by atoms with Gasteiger partial charge in [-0.15, -0.1) is 34.0 Å². The van der Waals surface area contributed by atoms with Gasteiger partial charge >= 0.3 is 29.7 Å². The second-order valence-corrected chi connectivity index (χ2v) is 22.0. The van der Waals surface area contributed by atoms with E-state index in [2.05, 4.69) is 0 Å². The van der Waals surface area contributed by atoms with Crippen LogP contribution in [0.25, 0.3) is 31.9 Å². The molecule has 0 spiro atoms. The van der Waals surface area contributed by atoms with Crippen molar-refractivity contribution in [1.82, 2.24) is 0 Å². The lowest BCUT2D eigenvalue weighted by atomic mass is 9.71. The van der Waals surface area contributed by atoms with E-state index in [1.807, 2.05) is 97.3 Å². The number of halogens is 6. The molecular weight excluding hydrogens is 867 g/mol. The predicted octanol–water partition coefficient (Wildman–Crippen LogP) is 14.6. The van der Waals surface area contributed by atoms with Crippen LogP contribution in [0.2, 0.25) is 0 Å². The highest BCUT2D eigenvalue weighted by Crippen LogP contribution is 2.71. The van der Waals surface area contributed by atoms with Crippen LogP contribution >= 0.6 is 34.0 Å². The van der Waals surface area contributed by atoms with Crippen LogP contribution in [-0.2, 0) is 31.2 Å². The molecule has 2 aliphatic carbocycles. The van der Waals surface area contributed by atoms with Gasteiger partial charge in [0.05, 0.1) is 0 Å². The molecule has 62 heavy (non-hydrogen) atoms. The van der Waals surface area contributed by atoms with E-state index in [1.165, 1.54) is 28.7 Å². The molecule has 2 aliphatic rings. The van der Waals surface area contributed by atoms with E-state index in [-0.39, 0.29) is 38.2 Å². The van der Waals surface area contributed by atoms with Gasteiger partial charge in [0.25, 0.3) is 0 Å². The van der Waals surface area contributed by atoms with Crippen molar-refractivity contribution >= 4 is 68.1 Å². The molecule has 0 amide bonds. The SMILES string of the molecule is CC(=O)Oc1cc2oc3c(c2cc1OC(C)=O)C1=C(c2cc(-c4cc(C(C)(C)C)cs4)sc2C3(c2ccc(C(C)(C)C)cc2)c2cc(C(C)(C)C)cs2)C(F)(F)C(F)(F)C1(F)F. The van der Waals surface area contributed by atoms with Gasteiger partial charge in [-0.1, -0.05) is 86.6 Å². The second kappa shape index (κ2) is 13.9. The van der Waals surface area contributed by atoms with Gasteiger partial charge in [-0.25, -0.2) is 0 Å². The molecule has 4 aromatic heterocycles. The third-order valence-electron chi connectivity index (χ3n) is 11.6. The quantitative estimate of drug-likeness (QED) is 0.0979. The molecule has 1 unspecified atom stereocenters. The highest BCUT2D eigenvalue weighted by atomic mass is 32.1. The van der Waals surface area contributed by atoms with Crippen molar-refractivity contribution in [3.8, 4) is 21.3 Å². The number of furan rings is 1. The first-order chi connectivity index (χ1) is 28.5. The molecule has 0 N–H and O–H groups in total. The maximum Gasteiger partial charge on any atom is 0.380 e. The average Bonchev–Trinajstić information content (AvgIpc) is 3.97. The maximum absolute atomic E-state index is 17.1. The summed E-state index contributed by atoms with van der Waals surface area (Å²) in [5.41, 5.74) is -4.38. The molecule has 14 heteroatoms. The van der Waals surface area contributed by atoms with Crippen LogP contribution in [0.4, 0.5) is 26.3 Å². The van der Waals surface area contributed by atoms with E-state index < -0.39 is 68.6 Å². The van der Waals surface area contributed by atoms with Crippen molar-refractivity contribution in [3.05, 3.63) is 114 Å². The molecule has 0 saturated heterocycles. The summed E-state index contributed by atoms with van der Waals surface area (Å²) in [4.78, 5) is 26.3. The van der Waals surface area contributed by atoms with Gasteiger partial charge in [0.1, 0.15) is 16.8 Å². The Labute approximate surface area is 367 Å². The number of carbonyl (C=O) groups excluding carboxylic acids is 2. The molecule has 2 aromatic carbocycles. The predicted molar refractivity (Wildman–Crippen MR) is 234 cm³/mol. The van der Waals surface area contributed by atoms with Crippen LogP contribution in [0, 0.1) is 0 Å². The number of ether oxygens (including phenoxy) is 2. The Morgan fingerprint density at radius 3 is 1.69 bits per heavy atom. The zero-order chi connectivity index (χ0) is 45.5. The van der Waals surface area contributed by atoms with Crippen molar-refractivity contribution in [1.29, 1.82) is 0 Å². The Bertz CT molecular complexity index is 2850. The number of esters is 2. The molecule has 8 rings (SSSR count). The Kier molecular flexibility index (Phi) is 9.87. The number of benzene rings is 2. The van der Waals surface area contributed by atoms with E-state index in [0.29, 0.717) is 20.2 Å². The Morgan fingerprint density at radius 1 is 0.629 bits per heavy atom. The van der Waals surface area contributed by atoms with E-state index in [9.17, 15) is 9.59 Å². The van der Waals surface area contributed by atoms with Gasteiger partial charge in [-0.3, -0.25) is 9.59 Å². The van der Waals surface area contributed by atoms with Crippen LogP contribution in [0.3, 0.4) is 0 Å². The summed E-state index contributed by atoms with van der Waals surface area (Å²) in [6.07, 6.45) is 0. The van der Waals surface area contributed by atoms with Crippen LogP contribution in [0.1, 0.15) is 125 Å². The Balaban J connectivity index is 1.64. The van der Waals surface area contributed by atoms with Crippen LogP contribution in [0.5, 0.6) is 11.5 Å². The number of fused-ring (bicyclic) bond motifs is 6. The number of rotatable bonds is 5. The normalized spacial score (nSPS) is 19.2. The molecule has 0 radical (unpaired) electrons. The molecule has 0 bridgehead atoms. The maximum atomic E-state index is 17.1. The number of allylic oxidation sites excluding steroid dienone is 2. The highest BCUT2D eigenvalue weighted by Gasteiger charge is 2.81. The summed E-state index contributed by atoms with van der Waals surface area (Å²) in [6, 6.07) is 14.7. The average molecular weight is 911 g/mol. The van der Waals surface area contributed by atoms with E-state index in [4.69, 9.17) is 13.9 Å². The molecule has 1 atom stereocenters. The number of hydrogen-bond donors (Lipinski definition) is 0.